The van der Waals surface area contributed by atoms with Crippen molar-refractivity contribution < 1.29 is 13.2 Å². The van der Waals surface area contributed by atoms with Gasteiger partial charge in [0.2, 0.25) is 0 Å². The Bertz CT molecular complexity index is 546. The van der Waals surface area contributed by atoms with Crippen LogP contribution < -0.4 is 0 Å². The normalized spacial score (nSPS) is 12.9. The Balaban J connectivity index is 2.24. The number of aromatic nitrogens is 4. The van der Waals surface area contributed by atoms with Gasteiger partial charge in [0.25, 0.3) is 0 Å². The molecule has 0 bridgehead atoms. The van der Waals surface area contributed by atoms with Crippen LogP contribution in [0.5, 0.6) is 0 Å². The lowest BCUT2D eigenvalue weighted by molar-refractivity contribution is 0.376. The van der Waals surface area contributed by atoms with Crippen molar-refractivity contribution >= 4 is 0 Å². The van der Waals surface area contributed by atoms with Crippen LogP contribution in [0.4, 0.5) is 13.2 Å². The largest absolute Gasteiger partial charge is 0.207 e. The van der Waals surface area contributed by atoms with E-state index in [0.29, 0.717) is 25.1 Å². The molecule has 2 rings (SSSR count). The van der Waals surface area contributed by atoms with Crippen molar-refractivity contribution in [3.05, 3.63) is 41.5 Å². The molecule has 0 fully saturated rings. The van der Waals surface area contributed by atoms with Crippen LogP contribution in [-0.4, -0.2) is 20.2 Å². The third-order valence-corrected chi connectivity index (χ3v) is 3.25. The van der Waals surface area contributed by atoms with Crippen molar-refractivity contribution in [1.29, 1.82) is 0 Å². The molecule has 0 aliphatic heterocycles. The van der Waals surface area contributed by atoms with Gasteiger partial charge in [-0.3, -0.25) is 0 Å². The summed E-state index contributed by atoms with van der Waals surface area (Å²) in [6.45, 7) is 4.11. The molecule has 0 unspecified atom stereocenters. The van der Waals surface area contributed by atoms with Crippen molar-refractivity contribution in [2.24, 2.45) is 5.92 Å². The van der Waals surface area contributed by atoms with Crippen LogP contribution in [0.2, 0.25) is 0 Å². The van der Waals surface area contributed by atoms with E-state index in [1.54, 1.807) is 0 Å². The summed E-state index contributed by atoms with van der Waals surface area (Å²) >= 11 is 0. The molecule has 2 aromatic rings. The Labute approximate surface area is 114 Å². The molecule has 0 N–H and O–H groups in total. The zero-order valence-electron chi connectivity index (χ0n) is 11.2. The van der Waals surface area contributed by atoms with Crippen LogP contribution in [0.1, 0.15) is 31.7 Å². The molecule has 1 atom stereocenters. The Morgan fingerprint density at radius 3 is 2.30 bits per heavy atom. The highest BCUT2D eigenvalue weighted by molar-refractivity contribution is 5.25. The number of tetrazole rings is 1. The number of rotatable bonds is 5. The number of nitrogens with zero attached hydrogens (tertiary/aromatic N) is 4. The SMILES string of the molecule is CC(C)[C@H](CCn1ncnn1)c1c(F)cc(F)cc1F. The highest BCUT2D eigenvalue weighted by Crippen LogP contribution is 2.32. The van der Waals surface area contributed by atoms with E-state index in [0.717, 1.165) is 0 Å². The first-order valence-electron chi connectivity index (χ1n) is 6.34. The summed E-state index contributed by atoms with van der Waals surface area (Å²) in [6.07, 6.45) is 1.73. The summed E-state index contributed by atoms with van der Waals surface area (Å²) < 4.78 is 40.7. The van der Waals surface area contributed by atoms with Crippen molar-refractivity contribution in [2.75, 3.05) is 0 Å². The summed E-state index contributed by atoms with van der Waals surface area (Å²) in [7, 11) is 0. The second-order valence-electron chi connectivity index (χ2n) is 4.95. The minimum absolute atomic E-state index is 0.00650. The molecule has 0 radical (unpaired) electrons. The summed E-state index contributed by atoms with van der Waals surface area (Å²) in [6, 6.07) is 1.42. The molecular formula is C13H15F3N4. The molecule has 108 valence electrons. The van der Waals surface area contributed by atoms with E-state index in [1.807, 2.05) is 13.8 Å². The molecule has 0 spiro atoms. The van der Waals surface area contributed by atoms with Crippen LogP contribution in [0, 0.1) is 23.4 Å². The van der Waals surface area contributed by atoms with Gasteiger partial charge in [-0.05, 0) is 23.5 Å². The standard InChI is InChI=1S/C13H15F3N4/c1-8(2)10(3-4-20-18-7-17-19-20)13-11(15)5-9(14)6-12(13)16/h5-8,10H,3-4H2,1-2H3/t10-/m0/s1. The fraction of sp³-hybridized carbons (Fsp3) is 0.462. The lowest BCUT2D eigenvalue weighted by Crippen LogP contribution is -2.15. The van der Waals surface area contributed by atoms with Gasteiger partial charge in [-0.1, -0.05) is 13.8 Å². The Morgan fingerprint density at radius 2 is 1.80 bits per heavy atom. The first-order valence-corrected chi connectivity index (χ1v) is 6.34. The third kappa shape index (κ3) is 3.15. The average molecular weight is 284 g/mol. The maximum absolute atomic E-state index is 13.9. The van der Waals surface area contributed by atoms with Crippen molar-refractivity contribution in [2.45, 2.75) is 32.7 Å². The molecule has 1 aromatic carbocycles. The molecular weight excluding hydrogens is 269 g/mol. The molecule has 0 amide bonds. The highest BCUT2D eigenvalue weighted by atomic mass is 19.1. The maximum atomic E-state index is 13.9. The predicted octanol–water partition coefficient (Wildman–Crippen LogP) is 2.92. The van der Waals surface area contributed by atoms with E-state index in [4.69, 9.17) is 0 Å². The lowest BCUT2D eigenvalue weighted by Gasteiger charge is -2.22. The topological polar surface area (TPSA) is 43.6 Å². The highest BCUT2D eigenvalue weighted by Gasteiger charge is 2.24. The van der Waals surface area contributed by atoms with Gasteiger partial charge in [0.05, 0.1) is 6.54 Å². The van der Waals surface area contributed by atoms with Gasteiger partial charge in [-0.25, -0.2) is 13.2 Å². The Hall–Kier alpha value is -1.92. The summed E-state index contributed by atoms with van der Waals surface area (Å²) in [5.74, 6) is -3.01. The van der Waals surface area contributed by atoms with Gasteiger partial charge < -0.3 is 0 Å². The fourth-order valence-corrected chi connectivity index (χ4v) is 2.26. The zero-order valence-corrected chi connectivity index (χ0v) is 11.2. The number of aryl methyl sites for hydroxylation is 1. The predicted molar refractivity (Wildman–Crippen MR) is 66.3 cm³/mol. The molecule has 7 heteroatoms. The smallest absolute Gasteiger partial charge is 0.162 e. The average Bonchev–Trinajstić information content (AvgIpc) is 2.84. The van der Waals surface area contributed by atoms with Gasteiger partial charge in [0.15, 0.2) is 6.33 Å². The van der Waals surface area contributed by atoms with Crippen LogP contribution >= 0.6 is 0 Å². The minimum atomic E-state index is -0.913. The van der Waals surface area contributed by atoms with Crippen LogP contribution in [-0.2, 0) is 6.54 Å². The third-order valence-electron chi connectivity index (χ3n) is 3.25. The first kappa shape index (κ1) is 14.5. The molecule has 0 aliphatic rings. The second-order valence-corrected chi connectivity index (χ2v) is 4.95. The number of halogens is 3. The number of hydrogen-bond donors (Lipinski definition) is 0. The minimum Gasteiger partial charge on any atom is -0.207 e. The summed E-state index contributed by atoms with van der Waals surface area (Å²) in [4.78, 5) is 1.36. The summed E-state index contributed by atoms with van der Waals surface area (Å²) in [5, 5.41) is 11.1. The molecule has 1 aromatic heterocycles. The molecule has 20 heavy (non-hydrogen) atoms. The summed E-state index contributed by atoms with van der Waals surface area (Å²) in [5.41, 5.74) is -0.0819. The van der Waals surface area contributed by atoms with Crippen LogP contribution in [0.15, 0.2) is 18.5 Å². The van der Waals surface area contributed by atoms with E-state index in [9.17, 15) is 13.2 Å². The quantitative estimate of drug-likeness (QED) is 0.848. The van der Waals surface area contributed by atoms with Gasteiger partial charge in [0, 0.05) is 17.7 Å². The zero-order chi connectivity index (χ0) is 14.7. The monoisotopic (exact) mass is 284 g/mol. The molecule has 0 saturated heterocycles. The first-order chi connectivity index (χ1) is 9.49. The van der Waals surface area contributed by atoms with E-state index in [2.05, 4.69) is 15.4 Å². The number of benzene rings is 1. The lowest BCUT2D eigenvalue weighted by atomic mass is 9.85. The molecule has 0 aliphatic carbocycles. The van der Waals surface area contributed by atoms with Crippen LogP contribution in [0.25, 0.3) is 0 Å². The number of hydrogen-bond acceptors (Lipinski definition) is 3. The Kier molecular flexibility index (Phi) is 4.36. The van der Waals surface area contributed by atoms with Crippen molar-refractivity contribution in [1.82, 2.24) is 20.2 Å². The van der Waals surface area contributed by atoms with E-state index >= 15 is 0 Å². The Morgan fingerprint density at radius 1 is 1.15 bits per heavy atom. The van der Waals surface area contributed by atoms with Crippen molar-refractivity contribution in [3.63, 3.8) is 0 Å². The van der Waals surface area contributed by atoms with E-state index in [1.165, 1.54) is 11.1 Å². The van der Waals surface area contributed by atoms with Gasteiger partial charge in [-0.15, -0.1) is 10.2 Å². The molecule has 0 saturated carbocycles. The van der Waals surface area contributed by atoms with Gasteiger partial charge >= 0.3 is 0 Å². The fourth-order valence-electron chi connectivity index (χ4n) is 2.26. The molecule has 4 nitrogen and oxygen atoms in total. The molecule has 1 heterocycles. The van der Waals surface area contributed by atoms with Crippen molar-refractivity contribution in [3.8, 4) is 0 Å². The van der Waals surface area contributed by atoms with E-state index in [-0.39, 0.29) is 17.4 Å². The second kappa shape index (κ2) is 6.02. The van der Waals surface area contributed by atoms with E-state index < -0.39 is 17.5 Å². The maximum Gasteiger partial charge on any atom is 0.162 e. The van der Waals surface area contributed by atoms with Crippen LogP contribution in [0.3, 0.4) is 0 Å². The van der Waals surface area contributed by atoms with Gasteiger partial charge in [0.1, 0.15) is 17.5 Å². The van der Waals surface area contributed by atoms with Gasteiger partial charge in [-0.2, -0.15) is 4.80 Å².